The quantitative estimate of drug-likeness (QED) is 0.531. The van der Waals surface area contributed by atoms with E-state index in [2.05, 4.69) is 6.58 Å². The molecule has 0 bridgehead atoms. The lowest BCUT2D eigenvalue weighted by atomic mass is 10.6. The Labute approximate surface area is 64.7 Å². The fourth-order valence-corrected chi connectivity index (χ4v) is 1.91. The monoisotopic (exact) mass is 157 g/mol. The molecule has 58 valence electrons. The smallest absolute Gasteiger partial charge is 0.219 e. The zero-order valence-electron chi connectivity index (χ0n) is 6.76. The molecule has 0 aliphatic heterocycles. The van der Waals surface area contributed by atoms with Crippen LogP contribution in [0.4, 0.5) is 0 Å². The average molecular weight is 157 g/mol. The zero-order chi connectivity index (χ0) is 7.98. The number of amides is 1. The molecule has 0 aromatic heterocycles. The average Bonchev–Trinajstić information content (AvgIpc) is 1.89. The standard InChI is InChI=1S/C7H15NOSi/c1-4-8(7(3)9)6-10-5-2/h5H,2,4,6,10H2,1,3H3. The van der Waals surface area contributed by atoms with Gasteiger partial charge >= 0.3 is 0 Å². The Balaban J connectivity index is 3.60. The highest BCUT2D eigenvalue weighted by Gasteiger charge is 2.02. The third kappa shape index (κ3) is 3.45. The number of hydrogen-bond acceptors (Lipinski definition) is 1. The summed E-state index contributed by atoms with van der Waals surface area (Å²) in [7, 11) is -0.211. The van der Waals surface area contributed by atoms with Crippen LogP contribution in [-0.2, 0) is 4.79 Å². The number of carbonyl (C=O) groups excluding carboxylic acids is 1. The van der Waals surface area contributed by atoms with E-state index in [1.165, 1.54) is 0 Å². The van der Waals surface area contributed by atoms with Crippen LogP contribution in [0.5, 0.6) is 0 Å². The molecule has 0 spiro atoms. The molecule has 3 heteroatoms. The fraction of sp³-hybridized carbons (Fsp3) is 0.571. The lowest BCUT2D eigenvalue weighted by molar-refractivity contribution is -0.127. The molecule has 0 unspecified atom stereocenters. The third-order valence-electron chi connectivity index (χ3n) is 1.43. The van der Waals surface area contributed by atoms with E-state index in [4.69, 9.17) is 0 Å². The predicted octanol–water partition coefficient (Wildman–Crippen LogP) is 0.125. The van der Waals surface area contributed by atoms with Crippen LogP contribution in [0.25, 0.3) is 0 Å². The largest absolute Gasteiger partial charge is 0.346 e. The summed E-state index contributed by atoms with van der Waals surface area (Å²) in [6.07, 6.45) is 0.940. The van der Waals surface area contributed by atoms with Crippen LogP contribution in [0.15, 0.2) is 12.3 Å². The van der Waals surface area contributed by atoms with E-state index in [1.807, 2.05) is 17.5 Å². The van der Waals surface area contributed by atoms with Crippen LogP contribution in [0.3, 0.4) is 0 Å². The second-order valence-electron chi connectivity index (χ2n) is 2.18. The fourth-order valence-electron chi connectivity index (χ4n) is 0.785. The summed E-state index contributed by atoms with van der Waals surface area (Å²) in [5.41, 5.74) is 1.96. The van der Waals surface area contributed by atoms with Crippen LogP contribution in [0.2, 0.25) is 0 Å². The minimum absolute atomic E-state index is 0.178. The molecule has 0 rings (SSSR count). The van der Waals surface area contributed by atoms with Crippen molar-refractivity contribution in [3.05, 3.63) is 12.3 Å². The van der Waals surface area contributed by atoms with Gasteiger partial charge in [-0.25, -0.2) is 0 Å². The van der Waals surface area contributed by atoms with E-state index < -0.39 is 0 Å². The van der Waals surface area contributed by atoms with Gasteiger partial charge in [0.25, 0.3) is 0 Å². The van der Waals surface area contributed by atoms with Gasteiger partial charge in [-0.1, -0.05) is 0 Å². The van der Waals surface area contributed by atoms with Crippen molar-refractivity contribution in [3.8, 4) is 0 Å². The van der Waals surface area contributed by atoms with Crippen LogP contribution in [0.1, 0.15) is 13.8 Å². The summed E-state index contributed by atoms with van der Waals surface area (Å²) in [4.78, 5) is 12.6. The van der Waals surface area contributed by atoms with Crippen molar-refractivity contribution in [3.63, 3.8) is 0 Å². The Morgan fingerprint density at radius 2 is 2.40 bits per heavy atom. The lowest BCUT2D eigenvalue weighted by Gasteiger charge is -2.16. The highest BCUT2D eigenvalue weighted by atomic mass is 28.2. The van der Waals surface area contributed by atoms with Crippen LogP contribution in [-0.4, -0.2) is 33.0 Å². The topological polar surface area (TPSA) is 20.3 Å². The lowest BCUT2D eigenvalue weighted by Crippen LogP contribution is -2.31. The summed E-state index contributed by atoms with van der Waals surface area (Å²) in [6, 6.07) is 0. The summed E-state index contributed by atoms with van der Waals surface area (Å²) < 4.78 is 0. The Morgan fingerprint density at radius 3 is 2.70 bits per heavy atom. The molecule has 10 heavy (non-hydrogen) atoms. The summed E-state index contributed by atoms with van der Waals surface area (Å²) in [5, 5.41) is 0. The minimum Gasteiger partial charge on any atom is -0.346 e. The normalized spacial score (nSPS) is 10.2. The Kier molecular flexibility index (Phi) is 4.93. The Bertz CT molecular complexity index is 125. The van der Waals surface area contributed by atoms with Crippen molar-refractivity contribution in [2.75, 3.05) is 12.7 Å². The molecule has 0 saturated carbocycles. The van der Waals surface area contributed by atoms with Gasteiger partial charge < -0.3 is 4.90 Å². The van der Waals surface area contributed by atoms with Crippen LogP contribution < -0.4 is 0 Å². The highest BCUT2D eigenvalue weighted by Crippen LogP contribution is 1.86. The summed E-state index contributed by atoms with van der Waals surface area (Å²) >= 11 is 0. The second kappa shape index (κ2) is 5.23. The first-order valence-corrected chi connectivity index (χ1v) is 5.40. The molecule has 0 radical (unpaired) electrons. The minimum atomic E-state index is -0.211. The van der Waals surface area contributed by atoms with Crippen molar-refractivity contribution in [1.82, 2.24) is 4.90 Å². The molecule has 0 aliphatic rings. The zero-order valence-corrected chi connectivity index (χ0v) is 8.18. The van der Waals surface area contributed by atoms with Crippen LogP contribution >= 0.6 is 0 Å². The van der Waals surface area contributed by atoms with Gasteiger partial charge in [-0.05, 0) is 6.92 Å². The third-order valence-corrected chi connectivity index (χ3v) is 2.64. The molecule has 0 atom stereocenters. The van der Waals surface area contributed by atoms with Gasteiger partial charge in [0.2, 0.25) is 5.91 Å². The van der Waals surface area contributed by atoms with E-state index in [-0.39, 0.29) is 15.4 Å². The molecule has 0 aliphatic carbocycles. The van der Waals surface area contributed by atoms with E-state index in [1.54, 1.807) is 6.92 Å². The van der Waals surface area contributed by atoms with Crippen molar-refractivity contribution < 1.29 is 4.79 Å². The van der Waals surface area contributed by atoms with Gasteiger partial charge in [0, 0.05) is 19.6 Å². The predicted molar refractivity (Wildman–Crippen MR) is 46.7 cm³/mol. The van der Waals surface area contributed by atoms with E-state index in [0.717, 1.165) is 12.7 Å². The summed E-state index contributed by atoms with van der Waals surface area (Å²) in [6.45, 7) is 8.09. The van der Waals surface area contributed by atoms with Crippen molar-refractivity contribution in [2.45, 2.75) is 13.8 Å². The van der Waals surface area contributed by atoms with Gasteiger partial charge in [0.15, 0.2) is 0 Å². The Morgan fingerprint density at radius 1 is 1.80 bits per heavy atom. The molecule has 0 N–H and O–H groups in total. The molecular weight excluding hydrogens is 142 g/mol. The molecular formula is C7H15NOSi. The molecule has 0 fully saturated rings. The molecule has 0 aromatic rings. The van der Waals surface area contributed by atoms with Gasteiger partial charge in [-0.2, -0.15) is 0 Å². The second-order valence-corrected chi connectivity index (χ2v) is 3.78. The number of rotatable bonds is 4. The van der Waals surface area contributed by atoms with E-state index in [9.17, 15) is 4.79 Å². The molecule has 1 amide bonds. The first-order valence-electron chi connectivity index (χ1n) is 3.58. The molecule has 0 aromatic carbocycles. The summed E-state index contributed by atoms with van der Waals surface area (Å²) in [5.74, 6) is 0.178. The first-order chi connectivity index (χ1) is 4.72. The van der Waals surface area contributed by atoms with Gasteiger partial charge in [0.1, 0.15) is 0 Å². The van der Waals surface area contributed by atoms with Crippen molar-refractivity contribution in [1.29, 1.82) is 0 Å². The number of carbonyl (C=O) groups is 1. The van der Waals surface area contributed by atoms with Crippen molar-refractivity contribution >= 4 is 15.4 Å². The van der Waals surface area contributed by atoms with Gasteiger partial charge in [-0.3, -0.25) is 4.79 Å². The van der Waals surface area contributed by atoms with Crippen LogP contribution in [0, 0.1) is 0 Å². The van der Waals surface area contributed by atoms with Gasteiger partial charge in [0.05, 0.1) is 9.52 Å². The van der Waals surface area contributed by atoms with Crippen molar-refractivity contribution in [2.24, 2.45) is 0 Å². The number of hydrogen-bond donors (Lipinski definition) is 0. The number of nitrogens with zero attached hydrogens (tertiary/aromatic N) is 1. The molecule has 0 heterocycles. The highest BCUT2D eigenvalue weighted by molar-refractivity contribution is 6.42. The SMILES string of the molecule is C=C[SiH2]CN(CC)C(C)=O. The Hall–Kier alpha value is -0.573. The maximum Gasteiger partial charge on any atom is 0.219 e. The molecule has 2 nitrogen and oxygen atoms in total. The molecule has 0 saturated heterocycles. The van der Waals surface area contributed by atoms with Gasteiger partial charge in [-0.15, -0.1) is 12.3 Å². The van der Waals surface area contributed by atoms with E-state index in [0.29, 0.717) is 0 Å². The first kappa shape index (κ1) is 9.43. The van der Waals surface area contributed by atoms with E-state index >= 15 is 0 Å². The maximum absolute atomic E-state index is 10.8. The maximum atomic E-state index is 10.8.